The Morgan fingerprint density at radius 3 is 2.61 bits per heavy atom. The Hall–Kier alpha value is -1.51. The number of rotatable bonds is 4. The summed E-state index contributed by atoms with van der Waals surface area (Å²) in [4.78, 5) is 10.9. The van der Waals surface area contributed by atoms with E-state index in [0.717, 1.165) is 23.1 Å². The van der Waals surface area contributed by atoms with Gasteiger partial charge in [-0.25, -0.2) is 4.79 Å². The van der Waals surface area contributed by atoms with Crippen molar-refractivity contribution < 1.29 is 9.90 Å². The monoisotopic (exact) mass is 247 g/mol. The Labute approximate surface area is 108 Å². The van der Waals surface area contributed by atoms with Gasteiger partial charge in [0.25, 0.3) is 0 Å². The van der Waals surface area contributed by atoms with Crippen LogP contribution in [0.2, 0.25) is 0 Å². The molecule has 0 saturated heterocycles. The van der Waals surface area contributed by atoms with Gasteiger partial charge in [0.1, 0.15) is 0 Å². The lowest BCUT2D eigenvalue weighted by Crippen LogP contribution is -2.38. The number of benzene rings is 1. The molecule has 1 aliphatic rings. The predicted octanol–water partition coefficient (Wildman–Crippen LogP) is 3.54. The normalized spacial score (nSPS) is 22.7. The molecule has 0 unspecified atom stereocenters. The molecule has 3 heteroatoms. The first-order valence-electron chi connectivity index (χ1n) is 6.58. The van der Waals surface area contributed by atoms with E-state index in [1.54, 1.807) is 12.1 Å². The number of carboxylic acids is 1. The van der Waals surface area contributed by atoms with E-state index in [2.05, 4.69) is 19.2 Å². The molecule has 0 spiro atoms. The van der Waals surface area contributed by atoms with Gasteiger partial charge >= 0.3 is 5.97 Å². The number of carboxylic acid groups (broad SMARTS) is 1. The average molecular weight is 247 g/mol. The van der Waals surface area contributed by atoms with Gasteiger partial charge in [0, 0.05) is 11.7 Å². The number of hydrogen-bond donors (Lipinski definition) is 2. The van der Waals surface area contributed by atoms with Crippen molar-refractivity contribution in [3.63, 3.8) is 0 Å². The molecule has 1 saturated carbocycles. The highest BCUT2D eigenvalue weighted by atomic mass is 16.4. The van der Waals surface area contributed by atoms with Gasteiger partial charge in [0.2, 0.25) is 0 Å². The number of aromatic carboxylic acids is 1. The fourth-order valence-electron chi connectivity index (χ4n) is 2.45. The van der Waals surface area contributed by atoms with Gasteiger partial charge in [0.05, 0.1) is 5.56 Å². The van der Waals surface area contributed by atoms with Crippen LogP contribution in [0.3, 0.4) is 0 Å². The fourth-order valence-corrected chi connectivity index (χ4v) is 2.45. The quantitative estimate of drug-likeness (QED) is 0.855. The van der Waals surface area contributed by atoms with Crippen molar-refractivity contribution in [3.8, 4) is 0 Å². The van der Waals surface area contributed by atoms with Crippen molar-refractivity contribution in [2.45, 2.75) is 39.7 Å². The molecule has 0 aromatic heterocycles. The van der Waals surface area contributed by atoms with Crippen LogP contribution in [0.1, 0.15) is 42.6 Å². The summed E-state index contributed by atoms with van der Waals surface area (Å²) in [6, 6.07) is 5.76. The van der Waals surface area contributed by atoms with Gasteiger partial charge in [0.15, 0.2) is 0 Å². The van der Waals surface area contributed by atoms with Crippen LogP contribution >= 0.6 is 0 Å². The van der Waals surface area contributed by atoms with Crippen LogP contribution in [0.25, 0.3) is 0 Å². The molecule has 0 atom stereocenters. The minimum absolute atomic E-state index is 0.350. The number of hydrogen-bond acceptors (Lipinski definition) is 2. The minimum Gasteiger partial charge on any atom is -0.478 e. The molecule has 1 fully saturated rings. The van der Waals surface area contributed by atoms with E-state index in [-0.39, 0.29) is 0 Å². The van der Waals surface area contributed by atoms with Gasteiger partial charge in [-0.3, -0.25) is 0 Å². The van der Waals surface area contributed by atoms with Crippen molar-refractivity contribution in [1.82, 2.24) is 0 Å². The van der Waals surface area contributed by atoms with E-state index in [0.29, 0.717) is 11.6 Å². The molecule has 0 amide bonds. The number of carbonyl (C=O) groups is 1. The molecule has 3 nitrogen and oxygen atoms in total. The Morgan fingerprint density at radius 1 is 1.39 bits per heavy atom. The molecule has 0 radical (unpaired) electrons. The second-order valence-electron chi connectivity index (χ2n) is 5.65. The second-order valence-corrected chi connectivity index (χ2v) is 5.65. The number of nitrogens with one attached hydrogen (secondary N) is 1. The summed E-state index contributed by atoms with van der Waals surface area (Å²) in [5, 5.41) is 12.5. The Bertz CT molecular complexity index is 448. The van der Waals surface area contributed by atoms with Crippen LogP contribution in [0, 0.1) is 18.8 Å². The largest absolute Gasteiger partial charge is 0.478 e. The molecule has 2 rings (SSSR count). The second kappa shape index (κ2) is 5.01. The molecule has 0 aliphatic heterocycles. The van der Waals surface area contributed by atoms with Crippen LogP contribution in [-0.4, -0.2) is 17.1 Å². The van der Waals surface area contributed by atoms with Gasteiger partial charge in [-0.1, -0.05) is 19.9 Å². The van der Waals surface area contributed by atoms with E-state index in [9.17, 15) is 4.79 Å². The van der Waals surface area contributed by atoms with E-state index in [4.69, 9.17) is 5.11 Å². The summed E-state index contributed by atoms with van der Waals surface area (Å²) in [6.07, 6.45) is 2.38. The van der Waals surface area contributed by atoms with Crippen LogP contribution in [-0.2, 0) is 0 Å². The zero-order chi connectivity index (χ0) is 13.3. The summed E-state index contributed by atoms with van der Waals surface area (Å²) in [5.41, 5.74) is 2.41. The van der Waals surface area contributed by atoms with Crippen LogP contribution in [0.5, 0.6) is 0 Å². The molecule has 18 heavy (non-hydrogen) atoms. The maximum Gasteiger partial charge on any atom is 0.335 e. The van der Waals surface area contributed by atoms with Crippen LogP contribution < -0.4 is 5.32 Å². The van der Waals surface area contributed by atoms with Crippen molar-refractivity contribution in [1.29, 1.82) is 0 Å². The van der Waals surface area contributed by atoms with Crippen LogP contribution in [0.4, 0.5) is 5.69 Å². The van der Waals surface area contributed by atoms with Crippen molar-refractivity contribution in [2.75, 3.05) is 5.32 Å². The molecular formula is C15H21NO2. The maximum absolute atomic E-state index is 10.9. The SMILES string of the molecule is Cc1ccc(C(=O)O)cc1NC1CC(C(C)C)C1. The van der Waals surface area contributed by atoms with Crippen molar-refractivity contribution >= 4 is 11.7 Å². The summed E-state index contributed by atoms with van der Waals surface area (Å²) in [7, 11) is 0. The Morgan fingerprint density at radius 2 is 2.06 bits per heavy atom. The molecule has 1 aromatic carbocycles. The predicted molar refractivity (Wildman–Crippen MR) is 73.1 cm³/mol. The molecule has 1 aliphatic carbocycles. The third-order valence-electron chi connectivity index (χ3n) is 3.96. The Kier molecular flexibility index (Phi) is 3.60. The van der Waals surface area contributed by atoms with E-state index in [1.165, 1.54) is 12.8 Å². The lowest BCUT2D eigenvalue weighted by atomic mass is 9.73. The fraction of sp³-hybridized carbons (Fsp3) is 0.533. The highest BCUT2D eigenvalue weighted by Gasteiger charge is 2.31. The highest BCUT2D eigenvalue weighted by Crippen LogP contribution is 2.36. The molecule has 2 N–H and O–H groups in total. The number of aryl methyl sites for hydroxylation is 1. The third kappa shape index (κ3) is 2.66. The molecular weight excluding hydrogens is 226 g/mol. The highest BCUT2D eigenvalue weighted by molar-refractivity contribution is 5.89. The lowest BCUT2D eigenvalue weighted by Gasteiger charge is -2.39. The van der Waals surface area contributed by atoms with Gasteiger partial charge in [-0.2, -0.15) is 0 Å². The third-order valence-corrected chi connectivity index (χ3v) is 3.96. The summed E-state index contributed by atoms with van der Waals surface area (Å²) >= 11 is 0. The van der Waals surface area contributed by atoms with Gasteiger partial charge in [-0.05, 0) is 49.3 Å². The van der Waals surface area contributed by atoms with E-state index in [1.807, 2.05) is 13.0 Å². The zero-order valence-electron chi connectivity index (χ0n) is 11.2. The van der Waals surface area contributed by atoms with Crippen molar-refractivity contribution in [2.24, 2.45) is 11.8 Å². The summed E-state index contributed by atoms with van der Waals surface area (Å²) < 4.78 is 0. The molecule has 0 bridgehead atoms. The standard InChI is InChI=1S/C15H21NO2/c1-9(2)12-6-13(7-12)16-14-8-11(15(17)18)5-4-10(14)3/h4-5,8-9,12-13,16H,6-7H2,1-3H3,(H,17,18). The lowest BCUT2D eigenvalue weighted by molar-refractivity contribution is 0.0697. The van der Waals surface area contributed by atoms with Gasteiger partial charge < -0.3 is 10.4 Å². The summed E-state index contributed by atoms with van der Waals surface area (Å²) in [6.45, 7) is 6.53. The molecule has 0 heterocycles. The summed E-state index contributed by atoms with van der Waals surface area (Å²) in [5.74, 6) is 0.687. The van der Waals surface area contributed by atoms with E-state index < -0.39 is 5.97 Å². The topological polar surface area (TPSA) is 49.3 Å². The Balaban J connectivity index is 2.02. The maximum atomic E-state index is 10.9. The van der Waals surface area contributed by atoms with E-state index >= 15 is 0 Å². The average Bonchev–Trinajstić information content (AvgIpc) is 2.23. The first kappa shape index (κ1) is 12.9. The van der Waals surface area contributed by atoms with Gasteiger partial charge in [-0.15, -0.1) is 0 Å². The molecule has 98 valence electrons. The zero-order valence-corrected chi connectivity index (χ0v) is 11.2. The number of anilines is 1. The molecule has 1 aromatic rings. The van der Waals surface area contributed by atoms with Crippen LogP contribution in [0.15, 0.2) is 18.2 Å². The first-order valence-corrected chi connectivity index (χ1v) is 6.58. The van der Waals surface area contributed by atoms with Crippen molar-refractivity contribution in [3.05, 3.63) is 29.3 Å². The first-order chi connectivity index (χ1) is 8.47. The smallest absolute Gasteiger partial charge is 0.335 e. The minimum atomic E-state index is -0.869.